The zero-order valence-corrected chi connectivity index (χ0v) is 26.1. The highest BCUT2D eigenvalue weighted by Crippen LogP contribution is 2.38. The van der Waals surface area contributed by atoms with Crippen molar-refractivity contribution in [2.75, 3.05) is 7.11 Å². The normalized spacial score (nSPS) is 12.9. The van der Waals surface area contributed by atoms with Crippen LogP contribution in [-0.4, -0.2) is 32.9 Å². The molecule has 5 heteroatoms. The molecule has 0 spiro atoms. The van der Waals surface area contributed by atoms with Gasteiger partial charge in [0.15, 0.2) is 0 Å². The lowest BCUT2D eigenvalue weighted by Gasteiger charge is -2.37. The fourth-order valence-corrected chi connectivity index (χ4v) is 8.64. The van der Waals surface area contributed by atoms with Crippen molar-refractivity contribution >= 4 is 32.3 Å². The fourth-order valence-electron chi connectivity index (χ4n) is 6.24. The first-order valence-electron chi connectivity index (χ1n) is 15.1. The third-order valence-corrected chi connectivity index (χ3v) is 11.0. The molecular weight excluding hydrogens is 539 g/mol. The minimum atomic E-state index is -0.858. The van der Waals surface area contributed by atoms with Crippen LogP contribution < -0.4 is 20.8 Å². The van der Waals surface area contributed by atoms with E-state index in [1.807, 2.05) is 18.6 Å². The van der Waals surface area contributed by atoms with Crippen molar-refractivity contribution in [1.29, 1.82) is 0 Å². The molecule has 0 amide bonds. The summed E-state index contributed by atoms with van der Waals surface area (Å²) in [6, 6.07) is 51.8. The maximum atomic E-state index is 5.47. The molecule has 1 saturated carbocycles. The highest BCUT2D eigenvalue weighted by molar-refractivity contribution is 6.86. The van der Waals surface area contributed by atoms with E-state index in [9.17, 15) is 0 Å². The van der Waals surface area contributed by atoms with E-state index >= 15 is 0 Å². The second-order valence-corrected chi connectivity index (χ2v) is 13.4. The molecule has 0 N–H and O–H groups in total. The average molecular weight is 577 g/mol. The van der Waals surface area contributed by atoms with Gasteiger partial charge >= 0.3 is 0 Å². The third kappa shape index (κ3) is 6.58. The van der Waals surface area contributed by atoms with Crippen molar-refractivity contribution in [3.05, 3.63) is 175 Å². The van der Waals surface area contributed by atoms with Crippen LogP contribution in [0.15, 0.2) is 164 Å². The number of methoxy groups -OCH3 is 1. The van der Waals surface area contributed by atoms with Crippen LogP contribution in [0.4, 0.5) is 0 Å². The molecule has 7 rings (SSSR count). The van der Waals surface area contributed by atoms with Crippen LogP contribution in [0, 0.1) is 0 Å². The largest absolute Gasteiger partial charge is 0.497 e. The first-order chi connectivity index (χ1) is 21.3. The molecule has 1 aliphatic carbocycles. The number of nitrogens with zero attached hydrogens (tertiary/aromatic N) is 2. The maximum absolute atomic E-state index is 5.47. The molecule has 0 aliphatic heterocycles. The van der Waals surface area contributed by atoms with Crippen molar-refractivity contribution < 1.29 is 4.74 Å². The molecular formula is C38H37BN2OSi. The first kappa shape index (κ1) is 28.5. The van der Waals surface area contributed by atoms with Crippen LogP contribution >= 0.6 is 0 Å². The zero-order chi connectivity index (χ0) is 29.3. The Hall–Kier alpha value is -4.61. The Balaban J connectivity index is 0.000000174. The molecule has 212 valence electrons. The number of aromatic nitrogens is 2. The topological polar surface area (TPSA) is 27.1 Å². The monoisotopic (exact) mass is 576 g/mol. The second kappa shape index (κ2) is 13.6. The molecule has 1 fully saturated rings. The van der Waals surface area contributed by atoms with E-state index in [1.165, 1.54) is 40.1 Å². The minimum absolute atomic E-state index is 0.259. The van der Waals surface area contributed by atoms with Gasteiger partial charge in [-0.2, -0.15) is 0 Å². The Labute approximate surface area is 258 Å². The number of hydrogen-bond donors (Lipinski definition) is 0. The van der Waals surface area contributed by atoms with Gasteiger partial charge in [0.05, 0.1) is 28.1 Å². The third-order valence-electron chi connectivity index (χ3n) is 8.45. The van der Waals surface area contributed by atoms with Gasteiger partial charge in [0.1, 0.15) is 5.75 Å². The van der Waals surface area contributed by atoms with Crippen LogP contribution in [0.1, 0.15) is 24.0 Å². The van der Waals surface area contributed by atoms with Gasteiger partial charge < -0.3 is 9.30 Å². The van der Waals surface area contributed by atoms with E-state index in [0.717, 1.165) is 11.6 Å². The number of ether oxygens (including phenoxy) is 1. The maximum Gasteiger partial charge on any atom is 0.212 e. The standard InChI is InChI=1S/C23H22N2OSi.C15H15B/c1-26-21-13-8-14-22(17-21)27-23(25-16-15-24-18-25,19-9-4-2-5-10-19)20-11-6-3-7-12-20;1-3-7-13(8-4-1)16(15-11-12-15)14-9-5-2-6-10-14/h2-18H,27H2,1H3;1-10,15H,11-12H2. The molecule has 0 radical (unpaired) electrons. The molecule has 5 aromatic carbocycles. The smallest absolute Gasteiger partial charge is 0.212 e. The quantitative estimate of drug-likeness (QED) is 0.210. The summed E-state index contributed by atoms with van der Waals surface area (Å²) in [6.45, 7) is 0.613. The van der Waals surface area contributed by atoms with Crippen LogP contribution in [0.5, 0.6) is 5.75 Å². The minimum Gasteiger partial charge on any atom is -0.497 e. The number of hydrogen-bond acceptors (Lipinski definition) is 2. The lowest BCUT2D eigenvalue weighted by atomic mass is 9.37. The van der Waals surface area contributed by atoms with E-state index < -0.39 is 9.52 Å². The second-order valence-electron chi connectivity index (χ2n) is 11.2. The Morgan fingerprint density at radius 3 is 1.70 bits per heavy atom. The van der Waals surface area contributed by atoms with Gasteiger partial charge in [0.25, 0.3) is 0 Å². The molecule has 1 heterocycles. The summed E-state index contributed by atoms with van der Waals surface area (Å²) in [4.78, 5) is 4.37. The van der Waals surface area contributed by atoms with E-state index in [4.69, 9.17) is 4.74 Å². The lowest BCUT2D eigenvalue weighted by Crippen LogP contribution is -2.46. The summed E-state index contributed by atoms with van der Waals surface area (Å²) in [5, 5.41) is 1.08. The highest BCUT2D eigenvalue weighted by atomic mass is 28.2. The lowest BCUT2D eigenvalue weighted by molar-refractivity contribution is 0.415. The molecule has 43 heavy (non-hydrogen) atoms. The summed E-state index contributed by atoms with van der Waals surface area (Å²) in [7, 11) is 0.863. The zero-order valence-electron chi connectivity index (χ0n) is 24.7. The first-order valence-corrected chi connectivity index (χ1v) is 16.5. The van der Waals surface area contributed by atoms with Crippen LogP contribution in [-0.2, 0) is 5.16 Å². The van der Waals surface area contributed by atoms with Gasteiger partial charge in [-0.25, -0.2) is 4.98 Å². The van der Waals surface area contributed by atoms with Gasteiger partial charge in [0.2, 0.25) is 6.71 Å². The van der Waals surface area contributed by atoms with Crippen molar-refractivity contribution in [1.82, 2.24) is 9.55 Å². The Kier molecular flexibility index (Phi) is 9.00. The number of rotatable bonds is 9. The van der Waals surface area contributed by atoms with Gasteiger partial charge in [-0.15, -0.1) is 0 Å². The van der Waals surface area contributed by atoms with E-state index in [1.54, 1.807) is 7.11 Å². The summed E-state index contributed by atoms with van der Waals surface area (Å²) in [6.07, 6.45) is 8.64. The summed E-state index contributed by atoms with van der Waals surface area (Å²) in [5.41, 5.74) is 5.50. The van der Waals surface area contributed by atoms with Gasteiger partial charge in [0, 0.05) is 12.4 Å². The predicted molar refractivity (Wildman–Crippen MR) is 183 cm³/mol. The van der Waals surface area contributed by atoms with Gasteiger partial charge in [-0.1, -0.05) is 168 Å². The van der Waals surface area contributed by atoms with E-state index in [-0.39, 0.29) is 5.16 Å². The van der Waals surface area contributed by atoms with Crippen molar-refractivity contribution in [2.24, 2.45) is 0 Å². The Morgan fingerprint density at radius 1 is 0.698 bits per heavy atom. The number of imidazole rings is 1. The SMILES string of the molecule is COc1cccc([SiH2]C(c2ccccc2)(c2ccccc2)n2ccnc2)c1.c1ccc(B(c2ccccc2)C2CC2)cc1. The van der Waals surface area contributed by atoms with Crippen LogP contribution in [0.25, 0.3) is 0 Å². The van der Waals surface area contributed by atoms with Crippen molar-refractivity contribution in [3.63, 3.8) is 0 Å². The summed E-state index contributed by atoms with van der Waals surface area (Å²) >= 11 is 0. The molecule has 0 atom stereocenters. The van der Waals surface area contributed by atoms with E-state index in [0.29, 0.717) is 6.71 Å². The Morgan fingerprint density at radius 2 is 1.23 bits per heavy atom. The van der Waals surface area contributed by atoms with Gasteiger partial charge in [-0.3, -0.25) is 0 Å². The fraction of sp³-hybridized carbons (Fsp3) is 0.132. The molecule has 1 aromatic heterocycles. The molecule has 6 aromatic rings. The molecule has 0 saturated heterocycles. The van der Waals surface area contributed by atoms with Gasteiger partial charge in [-0.05, 0) is 23.3 Å². The molecule has 3 nitrogen and oxygen atoms in total. The van der Waals surface area contributed by atoms with Crippen LogP contribution in [0.3, 0.4) is 0 Å². The molecule has 0 bridgehead atoms. The summed E-state index contributed by atoms with van der Waals surface area (Å²) in [5.74, 6) is 1.77. The average Bonchev–Trinajstić information content (AvgIpc) is 3.76. The highest BCUT2D eigenvalue weighted by Gasteiger charge is 2.37. The Bertz CT molecular complexity index is 1600. The summed E-state index contributed by atoms with van der Waals surface area (Å²) < 4.78 is 7.74. The van der Waals surface area contributed by atoms with Crippen molar-refractivity contribution in [3.8, 4) is 5.75 Å². The molecule has 1 aliphatic rings. The van der Waals surface area contributed by atoms with E-state index in [2.05, 4.69) is 155 Å². The van der Waals surface area contributed by atoms with Crippen LogP contribution in [0.2, 0.25) is 5.82 Å². The number of benzene rings is 5. The predicted octanol–water partition coefficient (Wildman–Crippen LogP) is 5.60. The van der Waals surface area contributed by atoms with Crippen molar-refractivity contribution in [2.45, 2.75) is 23.8 Å². The molecule has 0 unspecified atom stereocenters.